The SMILES string of the molecule is O=C(NCc1cccnc1)C1CCCN(C2c3ncc(Br)cc3CCc3cc(Cl)cc(Br)c32)C1. The molecule has 0 radical (unpaired) electrons. The number of aryl methyl sites for hydroxylation is 2. The molecule has 3 aromatic rings. The van der Waals surface area contributed by atoms with Crippen LogP contribution in [0.15, 0.2) is 57.9 Å². The zero-order valence-electron chi connectivity index (χ0n) is 18.6. The predicted molar refractivity (Wildman–Crippen MR) is 141 cm³/mol. The second kappa shape index (κ2) is 10.4. The smallest absolute Gasteiger partial charge is 0.224 e. The van der Waals surface area contributed by atoms with Crippen molar-refractivity contribution in [2.45, 2.75) is 38.3 Å². The van der Waals surface area contributed by atoms with Gasteiger partial charge in [0.05, 0.1) is 17.7 Å². The molecule has 0 spiro atoms. The average Bonchev–Trinajstić information content (AvgIpc) is 3.00. The summed E-state index contributed by atoms with van der Waals surface area (Å²) in [6, 6.07) is 10.1. The standard InChI is InChI=1S/C26H25Br2ClN4O/c27-20-9-18-6-5-17-10-21(29)11-22(28)23(17)25(24(18)31-14-20)33-8-2-4-19(15-33)26(34)32-13-16-3-1-7-30-12-16/h1,3,7,9-12,14,19,25H,2,4-6,8,13,15H2,(H,32,34). The van der Waals surface area contributed by atoms with E-state index in [4.69, 9.17) is 16.6 Å². The number of carbonyl (C=O) groups is 1. The Morgan fingerprint density at radius 2 is 2.03 bits per heavy atom. The van der Waals surface area contributed by atoms with Crippen molar-refractivity contribution < 1.29 is 4.79 Å². The first-order valence-corrected chi connectivity index (χ1v) is 13.5. The van der Waals surface area contributed by atoms with Crippen molar-refractivity contribution in [3.8, 4) is 0 Å². The third-order valence-corrected chi connectivity index (χ3v) is 8.03. The number of aromatic nitrogens is 2. The Hall–Kier alpha value is -1.80. The molecule has 1 aliphatic carbocycles. The predicted octanol–water partition coefficient (Wildman–Crippen LogP) is 5.87. The number of rotatable bonds is 4. The van der Waals surface area contributed by atoms with Crippen LogP contribution in [0.1, 0.15) is 46.8 Å². The molecular formula is C26H25Br2ClN4O. The van der Waals surface area contributed by atoms with Crippen molar-refractivity contribution in [1.29, 1.82) is 0 Å². The number of likely N-dealkylation sites (tertiary alicyclic amines) is 1. The number of hydrogen-bond acceptors (Lipinski definition) is 4. The van der Waals surface area contributed by atoms with Crippen molar-refractivity contribution in [2.24, 2.45) is 5.92 Å². The molecule has 0 saturated carbocycles. The fourth-order valence-corrected chi connectivity index (χ4v) is 6.61. The van der Waals surface area contributed by atoms with Gasteiger partial charge in [0, 0.05) is 45.6 Å². The van der Waals surface area contributed by atoms with Gasteiger partial charge in [-0.05, 0) is 94.7 Å². The van der Waals surface area contributed by atoms with Gasteiger partial charge in [0.1, 0.15) is 0 Å². The lowest BCUT2D eigenvalue weighted by Crippen LogP contribution is -2.45. The molecule has 1 amide bonds. The number of pyridine rings is 2. The zero-order valence-corrected chi connectivity index (χ0v) is 22.5. The first-order valence-electron chi connectivity index (χ1n) is 11.5. The Balaban J connectivity index is 1.44. The van der Waals surface area contributed by atoms with E-state index in [1.165, 1.54) is 16.7 Å². The van der Waals surface area contributed by atoms with Crippen molar-refractivity contribution in [2.75, 3.05) is 13.1 Å². The number of nitrogens with one attached hydrogen (secondary N) is 1. The van der Waals surface area contributed by atoms with E-state index in [0.717, 1.165) is 57.5 Å². The number of amides is 1. The van der Waals surface area contributed by atoms with Crippen LogP contribution in [0, 0.1) is 5.92 Å². The fourth-order valence-electron chi connectivity index (χ4n) is 5.14. The third kappa shape index (κ3) is 5.08. The van der Waals surface area contributed by atoms with E-state index in [2.05, 4.69) is 59.2 Å². The molecule has 3 heterocycles. The molecule has 2 atom stereocenters. The summed E-state index contributed by atoms with van der Waals surface area (Å²) < 4.78 is 1.99. The Morgan fingerprint density at radius 3 is 2.85 bits per heavy atom. The summed E-state index contributed by atoms with van der Waals surface area (Å²) in [7, 11) is 0. The molecule has 8 heteroatoms. The molecule has 1 aliphatic heterocycles. The van der Waals surface area contributed by atoms with Crippen LogP contribution in [0.4, 0.5) is 0 Å². The average molecular weight is 605 g/mol. The van der Waals surface area contributed by atoms with Gasteiger partial charge in [-0.15, -0.1) is 0 Å². The van der Waals surface area contributed by atoms with Gasteiger partial charge < -0.3 is 5.32 Å². The molecule has 34 heavy (non-hydrogen) atoms. The van der Waals surface area contributed by atoms with Gasteiger partial charge in [-0.1, -0.05) is 33.6 Å². The first kappa shape index (κ1) is 23.9. The summed E-state index contributed by atoms with van der Waals surface area (Å²) in [6.07, 6.45) is 9.07. The summed E-state index contributed by atoms with van der Waals surface area (Å²) >= 11 is 13.8. The van der Waals surface area contributed by atoms with E-state index in [9.17, 15) is 4.79 Å². The molecule has 2 aliphatic rings. The normalized spacial score (nSPS) is 20.2. The number of hydrogen-bond donors (Lipinski definition) is 1. The van der Waals surface area contributed by atoms with Crippen LogP contribution in [0.5, 0.6) is 0 Å². The minimum absolute atomic E-state index is 0.0267. The Bertz CT molecular complexity index is 1210. The molecule has 2 aromatic heterocycles. The monoisotopic (exact) mass is 602 g/mol. The van der Waals surface area contributed by atoms with Crippen LogP contribution in [-0.2, 0) is 24.2 Å². The maximum Gasteiger partial charge on any atom is 0.224 e. The van der Waals surface area contributed by atoms with E-state index in [0.29, 0.717) is 13.1 Å². The van der Waals surface area contributed by atoms with Crippen LogP contribution in [0.25, 0.3) is 0 Å². The van der Waals surface area contributed by atoms with Crippen molar-refractivity contribution >= 4 is 49.4 Å². The van der Waals surface area contributed by atoms with Crippen LogP contribution >= 0.6 is 43.5 Å². The largest absolute Gasteiger partial charge is 0.352 e. The number of piperidine rings is 1. The molecule has 1 saturated heterocycles. The highest BCUT2D eigenvalue weighted by Crippen LogP contribution is 2.42. The molecule has 1 aromatic carbocycles. The summed E-state index contributed by atoms with van der Waals surface area (Å²) in [6.45, 7) is 2.11. The van der Waals surface area contributed by atoms with Crippen LogP contribution in [-0.4, -0.2) is 33.9 Å². The lowest BCUT2D eigenvalue weighted by atomic mass is 9.91. The van der Waals surface area contributed by atoms with Crippen LogP contribution in [0.3, 0.4) is 0 Å². The third-order valence-electron chi connectivity index (χ3n) is 6.72. The molecule has 176 valence electrons. The fraction of sp³-hybridized carbons (Fsp3) is 0.346. The number of benzene rings is 1. The Morgan fingerprint density at radius 1 is 1.18 bits per heavy atom. The highest BCUT2D eigenvalue weighted by molar-refractivity contribution is 9.10. The van der Waals surface area contributed by atoms with Crippen molar-refractivity contribution in [3.05, 3.63) is 90.8 Å². The summed E-state index contributed by atoms with van der Waals surface area (Å²) in [5.41, 5.74) is 5.77. The molecular weight excluding hydrogens is 580 g/mol. The van der Waals surface area contributed by atoms with Crippen LogP contribution in [0.2, 0.25) is 5.02 Å². The molecule has 5 nitrogen and oxygen atoms in total. The van der Waals surface area contributed by atoms with Gasteiger partial charge in [-0.2, -0.15) is 0 Å². The quantitative estimate of drug-likeness (QED) is 0.405. The van der Waals surface area contributed by atoms with Gasteiger partial charge in [0.25, 0.3) is 0 Å². The zero-order chi connectivity index (χ0) is 23.7. The van der Waals surface area contributed by atoms with Gasteiger partial charge in [0.2, 0.25) is 5.91 Å². The Kier molecular flexibility index (Phi) is 7.35. The van der Waals surface area contributed by atoms with E-state index < -0.39 is 0 Å². The number of nitrogens with zero attached hydrogens (tertiary/aromatic N) is 3. The molecule has 1 N–H and O–H groups in total. The minimum atomic E-state index is -0.0675. The van der Waals surface area contributed by atoms with Gasteiger partial charge >= 0.3 is 0 Å². The van der Waals surface area contributed by atoms with E-state index in [1.807, 2.05) is 24.4 Å². The molecule has 0 bridgehead atoms. The summed E-state index contributed by atoms with van der Waals surface area (Å²) in [4.78, 5) is 24.6. The molecule has 5 rings (SSSR count). The summed E-state index contributed by atoms with van der Waals surface area (Å²) in [5, 5.41) is 3.85. The lowest BCUT2D eigenvalue weighted by Gasteiger charge is -2.38. The number of fused-ring (bicyclic) bond motifs is 2. The van der Waals surface area contributed by atoms with Gasteiger partial charge in [-0.25, -0.2) is 0 Å². The number of halogens is 3. The highest BCUT2D eigenvalue weighted by atomic mass is 79.9. The van der Waals surface area contributed by atoms with Crippen LogP contribution < -0.4 is 5.32 Å². The minimum Gasteiger partial charge on any atom is -0.352 e. The Labute approximate surface area is 221 Å². The second-order valence-corrected chi connectivity index (χ2v) is 11.2. The molecule has 1 fully saturated rings. The second-order valence-electron chi connectivity index (χ2n) is 8.97. The topological polar surface area (TPSA) is 58.1 Å². The van der Waals surface area contributed by atoms with E-state index in [-0.39, 0.29) is 17.9 Å². The van der Waals surface area contributed by atoms with E-state index in [1.54, 1.807) is 12.4 Å². The summed E-state index contributed by atoms with van der Waals surface area (Å²) in [5.74, 6) is 0.0312. The molecule has 2 unspecified atom stereocenters. The number of carbonyl (C=O) groups excluding carboxylic acids is 1. The highest BCUT2D eigenvalue weighted by Gasteiger charge is 2.36. The lowest BCUT2D eigenvalue weighted by molar-refractivity contribution is -0.127. The maximum absolute atomic E-state index is 13.1. The van der Waals surface area contributed by atoms with Crippen molar-refractivity contribution in [1.82, 2.24) is 20.2 Å². The maximum atomic E-state index is 13.1. The van der Waals surface area contributed by atoms with Crippen molar-refractivity contribution in [3.63, 3.8) is 0 Å². The van der Waals surface area contributed by atoms with Gasteiger partial charge in [0.15, 0.2) is 0 Å². The first-order chi connectivity index (χ1) is 16.5. The van der Waals surface area contributed by atoms with Gasteiger partial charge in [-0.3, -0.25) is 19.7 Å². The van der Waals surface area contributed by atoms with E-state index >= 15 is 0 Å².